The average molecular weight is 458 g/mol. The molecule has 0 fully saturated rings. The molecule has 0 saturated heterocycles. The zero-order chi connectivity index (χ0) is 24.7. The summed E-state index contributed by atoms with van der Waals surface area (Å²) in [5, 5.41) is 26.8. The molecule has 0 aliphatic heterocycles. The molecule has 0 aromatic heterocycles. The summed E-state index contributed by atoms with van der Waals surface area (Å²) in [6.07, 6.45) is 0. The minimum absolute atomic E-state index is 0.107. The van der Waals surface area contributed by atoms with Crippen LogP contribution in [0.5, 0.6) is 0 Å². The highest BCUT2D eigenvalue weighted by atomic mass is 16.4. The van der Waals surface area contributed by atoms with Crippen LogP contribution in [0.4, 0.5) is 0 Å². The summed E-state index contributed by atoms with van der Waals surface area (Å²) >= 11 is 0. The summed E-state index contributed by atoms with van der Waals surface area (Å²) in [7, 11) is 0. The van der Waals surface area contributed by atoms with Crippen molar-refractivity contribution in [2.75, 3.05) is 0 Å². The fourth-order valence-corrected chi connectivity index (χ4v) is 4.88. The Kier molecular flexibility index (Phi) is 5.10. The van der Waals surface area contributed by atoms with Crippen LogP contribution in [0.1, 0.15) is 61.9 Å². The number of rotatable bonds is 0. The van der Waals surface area contributed by atoms with Gasteiger partial charge in [0.25, 0.3) is 0 Å². The summed E-state index contributed by atoms with van der Waals surface area (Å²) < 4.78 is 0. The average Bonchev–Trinajstić information content (AvgIpc) is 2.84. The number of hydrogen-bond acceptors (Lipinski definition) is 3. The van der Waals surface area contributed by atoms with Crippen molar-refractivity contribution >= 4 is 17.9 Å². The van der Waals surface area contributed by atoms with Crippen molar-refractivity contribution in [3.05, 3.63) is 105 Å². The first-order chi connectivity index (χ1) is 16.8. The predicted octanol–water partition coefficient (Wildman–Crippen LogP) is 2.98. The van der Waals surface area contributed by atoms with E-state index in [0.29, 0.717) is 16.7 Å². The molecule has 0 atom stereocenters. The first kappa shape index (κ1) is 21.6. The summed E-state index contributed by atoms with van der Waals surface area (Å²) in [4.78, 5) is 32.8. The minimum atomic E-state index is -1.22. The van der Waals surface area contributed by atoms with Crippen LogP contribution < -0.4 is 0 Å². The monoisotopic (exact) mass is 458 g/mol. The zero-order valence-electron chi connectivity index (χ0n) is 17.9. The molecule has 0 unspecified atom stereocenters. The third-order valence-corrected chi connectivity index (χ3v) is 6.07. The van der Waals surface area contributed by atoms with E-state index in [0.717, 1.165) is 33.4 Å². The van der Waals surface area contributed by atoms with E-state index in [9.17, 15) is 14.4 Å². The number of carboxylic acid groups (broad SMARTS) is 3. The maximum atomic E-state index is 10.9. The Hall–Kier alpha value is -5.25. The number of carbonyl (C=O) groups is 3. The van der Waals surface area contributed by atoms with Gasteiger partial charge in [-0.3, -0.25) is 0 Å². The summed E-state index contributed by atoms with van der Waals surface area (Å²) in [5.41, 5.74) is 7.77. The number of aliphatic carboxylic acids is 3. The summed E-state index contributed by atoms with van der Waals surface area (Å²) in [5.74, 6) is 10.4. The van der Waals surface area contributed by atoms with E-state index in [1.54, 1.807) is 18.2 Å². The van der Waals surface area contributed by atoms with Crippen LogP contribution in [0.3, 0.4) is 0 Å². The highest BCUT2D eigenvalue weighted by molar-refractivity contribution is 5.88. The van der Waals surface area contributed by atoms with E-state index in [4.69, 9.17) is 15.3 Å². The second-order valence-electron chi connectivity index (χ2n) is 8.06. The Morgan fingerprint density at radius 2 is 0.771 bits per heavy atom. The lowest BCUT2D eigenvalue weighted by atomic mass is 9.60. The lowest BCUT2D eigenvalue weighted by Gasteiger charge is -2.42. The fourth-order valence-electron chi connectivity index (χ4n) is 4.88. The molecule has 3 aliphatic carbocycles. The standard InChI is InChI=1S/C29H14O6/c30-25(31)10-4-16-1-7-19-22(13-16)29-23-14-17(5-11-26(32)33)2-8-20(23)28(19)21-9-3-18(15-24(21)29)6-12-27(34)35/h1-3,7-9,13-15,28-29H,(H,30,31)(H,32,33)(H,34,35). The molecule has 166 valence electrons. The van der Waals surface area contributed by atoms with Gasteiger partial charge in [0.2, 0.25) is 0 Å². The van der Waals surface area contributed by atoms with Crippen LogP contribution in [0.2, 0.25) is 0 Å². The highest BCUT2D eigenvalue weighted by Gasteiger charge is 2.41. The molecular weight excluding hydrogens is 444 g/mol. The van der Waals surface area contributed by atoms with Crippen molar-refractivity contribution in [3.8, 4) is 35.5 Å². The maximum absolute atomic E-state index is 10.9. The molecule has 0 heterocycles. The van der Waals surface area contributed by atoms with Gasteiger partial charge in [-0.15, -0.1) is 0 Å². The van der Waals surface area contributed by atoms with E-state index in [2.05, 4.69) is 35.5 Å². The van der Waals surface area contributed by atoms with Gasteiger partial charge in [-0.2, -0.15) is 0 Å². The van der Waals surface area contributed by atoms with Crippen LogP contribution in [-0.4, -0.2) is 33.2 Å². The van der Waals surface area contributed by atoms with Gasteiger partial charge in [0.1, 0.15) is 0 Å². The number of carboxylic acids is 3. The van der Waals surface area contributed by atoms with Crippen molar-refractivity contribution < 1.29 is 29.7 Å². The van der Waals surface area contributed by atoms with Crippen LogP contribution in [0, 0.1) is 35.5 Å². The Labute approximate surface area is 199 Å². The highest BCUT2D eigenvalue weighted by Crippen LogP contribution is 2.56. The third kappa shape index (κ3) is 3.89. The van der Waals surface area contributed by atoms with Crippen molar-refractivity contribution in [3.63, 3.8) is 0 Å². The molecule has 3 aromatic carbocycles. The number of benzene rings is 3. The second kappa shape index (κ2) is 8.27. The largest absolute Gasteiger partial charge is 0.472 e. The van der Waals surface area contributed by atoms with Crippen LogP contribution in [0.15, 0.2) is 54.6 Å². The Morgan fingerprint density at radius 3 is 1.06 bits per heavy atom. The van der Waals surface area contributed by atoms with Crippen molar-refractivity contribution in [2.24, 2.45) is 0 Å². The van der Waals surface area contributed by atoms with Crippen molar-refractivity contribution in [1.29, 1.82) is 0 Å². The van der Waals surface area contributed by atoms with Crippen LogP contribution >= 0.6 is 0 Å². The summed E-state index contributed by atoms with van der Waals surface area (Å²) in [6, 6.07) is 16.9. The molecule has 0 amide bonds. The van der Waals surface area contributed by atoms with Gasteiger partial charge < -0.3 is 15.3 Å². The molecule has 3 aliphatic rings. The van der Waals surface area contributed by atoms with E-state index >= 15 is 0 Å². The first-order valence-electron chi connectivity index (χ1n) is 10.5. The number of hydrogen-bond donors (Lipinski definition) is 3. The smallest absolute Gasteiger partial charge is 0.382 e. The first-order valence-corrected chi connectivity index (χ1v) is 10.5. The van der Waals surface area contributed by atoms with Gasteiger partial charge in [0.15, 0.2) is 0 Å². The van der Waals surface area contributed by atoms with Gasteiger partial charge in [-0.1, -0.05) is 36.0 Å². The van der Waals surface area contributed by atoms with Gasteiger partial charge in [-0.25, -0.2) is 14.4 Å². The molecule has 6 heteroatoms. The SMILES string of the molecule is O=C(O)C#Cc1ccc2c(c1)C1c3cc(C#CC(=O)O)ccc3C2c2ccc(C#CC(=O)O)cc21. The predicted molar refractivity (Wildman–Crippen MR) is 125 cm³/mol. The van der Waals surface area contributed by atoms with Gasteiger partial charge in [0, 0.05) is 46.3 Å². The Balaban J connectivity index is 1.73. The summed E-state index contributed by atoms with van der Waals surface area (Å²) in [6.45, 7) is 0. The zero-order valence-corrected chi connectivity index (χ0v) is 17.9. The molecule has 0 spiro atoms. The lowest BCUT2D eigenvalue weighted by molar-refractivity contribution is -0.131. The molecular formula is C29H14O6. The van der Waals surface area contributed by atoms with Crippen LogP contribution in [-0.2, 0) is 14.4 Å². The Bertz CT molecular complexity index is 1460. The van der Waals surface area contributed by atoms with Gasteiger partial charge >= 0.3 is 17.9 Å². The second-order valence-corrected chi connectivity index (χ2v) is 8.06. The third-order valence-electron chi connectivity index (χ3n) is 6.07. The van der Waals surface area contributed by atoms with E-state index in [-0.39, 0.29) is 11.8 Å². The molecule has 6 rings (SSSR count). The molecule has 6 nitrogen and oxygen atoms in total. The van der Waals surface area contributed by atoms with E-state index in [1.165, 1.54) is 0 Å². The molecule has 0 saturated carbocycles. The van der Waals surface area contributed by atoms with Crippen molar-refractivity contribution in [1.82, 2.24) is 0 Å². The Morgan fingerprint density at radius 1 is 0.486 bits per heavy atom. The molecule has 3 aromatic rings. The topological polar surface area (TPSA) is 112 Å². The lowest BCUT2D eigenvalue weighted by Crippen LogP contribution is -2.28. The van der Waals surface area contributed by atoms with E-state index < -0.39 is 17.9 Å². The molecule has 0 radical (unpaired) electrons. The maximum Gasteiger partial charge on any atom is 0.382 e. The fraction of sp³-hybridized carbons (Fsp3) is 0.0690. The van der Waals surface area contributed by atoms with Crippen LogP contribution in [0.25, 0.3) is 0 Å². The quantitative estimate of drug-likeness (QED) is 0.308. The molecule has 35 heavy (non-hydrogen) atoms. The van der Waals surface area contributed by atoms with Gasteiger partial charge in [0.05, 0.1) is 0 Å². The normalized spacial score (nSPS) is 15.4. The molecule has 2 bridgehead atoms. The molecule has 3 N–H and O–H groups in total. The minimum Gasteiger partial charge on any atom is -0.472 e. The van der Waals surface area contributed by atoms with E-state index in [1.807, 2.05) is 36.4 Å². The van der Waals surface area contributed by atoms with Crippen molar-refractivity contribution in [2.45, 2.75) is 11.8 Å². The van der Waals surface area contributed by atoms with Gasteiger partial charge in [-0.05, 0) is 69.8 Å².